The predicted molar refractivity (Wildman–Crippen MR) is 53.8 cm³/mol. The maximum Gasteiger partial charge on any atom is 0.149 e. The smallest absolute Gasteiger partial charge is 0.149 e. The minimum Gasteiger partial charge on any atom is -0.378 e. The van der Waals surface area contributed by atoms with E-state index in [1.54, 1.807) is 0 Å². The van der Waals surface area contributed by atoms with E-state index < -0.39 is 0 Å². The summed E-state index contributed by atoms with van der Waals surface area (Å²) in [5, 5.41) is 7.55. The third kappa shape index (κ3) is 1.39. The molecule has 0 saturated heterocycles. The Kier molecular flexibility index (Phi) is 1.95. The van der Waals surface area contributed by atoms with Gasteiger partial charge in [0.05, 0.1) is 4.47 Å². The molecule has 13 heavy (non-hydrogen) atoms. The van der Waals surface area contributed by atoms with Crippen molar-refractivity contribution in [1.82, 2.24) is 10.3 Å². The molecule has 0 aliphatic heterocycles. The zero-order chi connectivity index (χ0) is 9.42. The van der Waals surface area contributed by atoms with Gasteiger partial charge in [-0.05, 0) is 38.4 Å². The summed E-state index contributed by atoms with van der Waals surface area (Å²) in [5.74, 6) is 0. The lowest BCUT2D eigenvalue weighted by Crippen LogP contribution is -2.08. The molecule has 0 saturated carbocycles. The van der Waals surface area contributed by atoms with Crippen molar-refractivity contribution >= 4 is 32.7 Å². The van der Waals surface area contributed by atoms with Crippen LogP contribution >= 0.6 is 15.9 Å². The van der Waals surface area contributed by atoms with Gasteiger partial charge in [0.2, 0.25) is 0 Å². The molecular weight excluding hydrogens is 234 g/mol. The van der Waals surface area contributed by atoms with Gasteiger partial charge in [-0.2, -0.15) is 0 Å². The fourth-order valence-electron chi connectivity index (χ4n) is 1.09. The van der Waals surface area contributed by atoms with Crippen molar-refractivity contribution < 1.29 is 4.63 Å². The molecule has 0 unspecified atom stereocenters. The highest BCUT2D eigenvalue weighted by Crippen LogP contribution is 2.26. The minimum atomic E-state index is 0.755. The lowest BCUT2D eigenvalue weighted by atomic mass is 10.2. The Morgan fingerprint density at radius 3 is 2.77 bits per heavy atom. The summed E-state index contributed by atoms with van der Waals surface area (Å²) >= 11 is 3.41. The van der Waals surface area contributed by atoms with Crippen LogP contribution in [-0.4, -0.2) is 24.4 Å². The van der Waals surface area contributed by atoms with E-state index in [2.05, 4.69) is 30.9 Å². The molecule has 4 nitrogen and oxygen atoms in total. The predicted octanol–water partition coefficient (Wildman–Crippen LogP) is 2.05. The van der Waals surface area contributed by atoms with Gasteiger partial charge < -0.3 is 4.90 Å². The average molecular weight is 242 g/mol. The Morgan fingerprint density at radius 1 is 1.31 bits per heavy atom. The molecule has 0 aliphatic carbocycles. The summed E-state index contributed by atoms with van der Waals surface area (Å²) in [5.41, 5.74) is 2.58. The summed E-state index contributed by atoms with van der Waals surface area (Å²) in [6.07, 6.45) is 0. The van der Waals surface area contributed by atoms with Gasteiger partial charge in [0, 0.05) is 19.8 Å². The molecule has 1 aromatic carbocycles. The van der Waals surface area contributed by atoms with Crippen LogP contribution in [0.15, 0.2) is 21.2 Å². The molecule has 0 aliphatic rings. The number of nitrogens with zero attached hydrogens (tertiary/aromatic N) is 3. The van der Waals surface area contributed by atoms with Crippen LogP contribution < -0.4 is 4.90 Å². The number of halogens is 1. The third-order valence-electron chi connectivity index (χ3n) is 1.82. The highest BCUT2D eigenvalue weighted by Gasteiger charge is 2.07. The number of hydrogen-bond donors (Lipinski definition) is 0. The Balaban J connectivity index is 2.70. The number of aromatic nitrogens is 2. The number of fused-ring (bicyclic) bond motifs is 1. The van der Waals surface area contributed by atoms with Gasteiger partial charge in [0.15, 0.2) is 0 Å². The quantitative estimate of drug-likeness (QED) is 0.767. The Bertz CT molecular complexity index is 438. The van der Waals surface area contributed by atoms with E-state index in [1.165, 1.54) is 0 Å². The zero-order valence-corrected chi connectivity index (χ0v) is 8.87. The Hall–Kier alpha value is -1.10. The fraction of sp³-hybridized carbons (Fsp3) is 0.250. The van der Waals surface area contributed by atoms with Crippen LogP contribution in [0.1, 0.15) is 0 Å². The van der Waals surface area contributed by atoms with E-state index in [9.17, 15) is 0 Å². The van der Waals surface area contributed by atoms with Crippen molar-refractivity contribution in [2.45, 2.75) is 0 Å². The topological polar surface area (TPSA) is 42.2 Å². The second-order valence-electron chi connectivity index (χ2n) is 2.95. The molecule has 2 rings (SSSR count). The first-order valence-electron chi connectivity index (χ1n) is 3.77. The maximum absolute atomic E-state index is 4.63. The third-order valence-corrected chi connectivity index (χ3v) is 2.42. The van der Waals surface area contributed by atoms with E-state index in [1.807, 2.05) is 31.1 Å². The molecule has 0 radical (unpaired) electrons. The van der Waals surface area contributed by atoms with E-state index >= 15 is 0 Å². The molecule has 0 fully saturated rings. The first kappa shape index (κ1) is 8.50. The molecule has 5 heteroatoms. The summed E-state index contributed by atoms with van der Waals surface area (Å²) < 4.78 is 5.53. The van der Waals surface area contributed by atoms with Crippen molar-refractivity contribution in [3.8, 4) is 0 Å². The van der Waals surface area contributed by atoms with E-state index in [4.69, 9.17) is 0 Å². The highest BCUT2D eigenvalue weighted by molar-refractivity contribution is 9.10. The fourth-order valence-corrected chi connectivity index (χ4v) is 1.60. The SMILES string of the molecule is CN(C)c1cc(Br)c2nonc2c1. The van der Waals surface area contributed by atoms with E-state index in [-0.39, 0.29) is 0 Å². The number of rotatable bonds is 1. The number of anilines is 1. The first-order valence-corrected chi connectivity index (χ1v) is 4.57. The number of hydrogen-bond acceptors (Lipinski definition) is 4. The van der Waals surface area contributed by atoms with Crippen molar-refractivity contribution in [2.75, 3.05) is 19.0 Å². The van der Waals surface area contributed by atoms with Gasteiger partial charge in [0.25, 0.3) is 0 Å². The van der Waals surface area contributed by atoms with Crippen LogP contribution in [0.5, 0.6) is 0 Å². The molecule has 0 atom stereocenters. The van der Waals surface area contributed by atoms with Crippen LogP contribution in [0.4, 0.5) is 5.69 Å². The van der Waals surface area contributed by atoms with Crippen LogP contribution in [0, 0.1) is 0 Å². The standard InChI is InChI=1S/C8H8BrN3O/c1-12(2)5-3-6(9)8-7(4-5)10-13-11-8/h3-4H,1-2H3. The lowest BCUT2D eigenvalue weighted by molar-refractivity contribution is 0.315. The molecule has 68 valence electrons. The van der Waals surface area contributed by atoms with Gasteiger partial charge >= 0.3 is 0 Å². The molecule has 0 amide bonds. The monoisotopic (exact) mass is 241 g/mol. The van der Waals surface area contributed by atoms with Gasteiger partial charge in [-0.15, -0.1) is 0 Å². The molecular formula is C8H8BrN3O. The summed E-state index contributed by atoms with van der Waals surface area (Å²) in [6, 6.07) is 3.91. The van der Waals surface area contributed by atoms with Crippen LogP contribution in [0.25, 0.3) is 11.0 Å². The molecule has 2 aromatic rings. The van der Waals surface area contributed by atoms with Crippen molar-refractivity contribution in [3.05, 3.63) is 16.6 Å². The van der Waals surface area contributed by atoms with E-state index in [0.29, 0.717) is 0 Å². The second-order valence-corrected chi connectivity index (χ2v) is 3.81. The van der Waals surface area contributed by atoms with Crippen molar-refractivity contribution in [1.29, 1.82) is 0 Å². The van der Waals surface area contributed by atoms with Crippen LogP contribution in [0.2, 0.25) is 0 Å². The largest absolute Gasteiger partial charge is 0.378 e. The first-order chi connectivity index (χ1) is 6.18. The van der Waals surface area contributed by atoms with Gasteiger partial charge in [-0.25, -0.2) is 4.63 Å². The van der Waals surface area contributed by atoms with Gasteiger partial charge in [-0.3, -0.25) is 0 Å². The Morgan fingerprint density at radius 2 is 2.08 bits per heavy atom. The summed E-state index contributed by atoms with van der Waals surface area (Å²) in [6.45, 7) is 0. The maximum atomic E-state index is 4.63. The summed E-state index contributed by atoms with van der Waals surface area (Å²) in [7, 11) is 3.95. The minimum absolute atomic E-state index is 0.755. The van der Waals surface area contributed by atoms with Gasteiger partial charge in [-0.1, -0.05) is 0 Å². The molecule has 0 spiro atoms. The molecule has 1 heterocycles. The summed E-state index contributed by atoms with van der Waals surface area (Å²) in [4.78, 5) is 2.00. The Labute approximate surface area is 83.6 Å². The molecule has 1 aromatic heterocycles. The normalized spacial score (nSPS) is 10.7. The van der Waals surface area contributed by atoms with E-state index in [0.717, 1.165) is 21.2 Å². The van der Waals surface area contributed by atoms with Gasteiger partial charge in [0.1, 0.15) is 11.0 Å². The van der Waals surface area contributed by atoms with Crippen molar-refractivity contribution in [2.24, 2.45) is 0 Å². The lowest BCUT2D eigenvalue weighted by Gasteiger charge is -2.11. The van der Waals surface area contributed by atoms with Crippen molar-refractivity contribution in [3.63, 3.8) is 0 Å². The second kappa shape index (κ2) is 2.99. The van der Waals surface area contributed by atoms with Crippen LogP contribution in [-0.2, 0) is 0 Å². The van der Waals surface area contributed by atoms with Crippen LogP contribution in [0.3, 0.4) is 0 Å². The highest BCUT2D eigenvalue weighted by atomic mass is 79.9. The average Bonchev–Trinajstić information content (AvgIpc) is 2.51. The molecule has 0 bridgehead atoms. The number of benzene rings is 1. The zero-order valence-electron chi connectivity index (χ0n) is 7.28. The molecule has 0 N–H and O–H groups in total.